The van der Waals surface area contributed by atoms with Crippen LogP contribution in [0.15, 0.2) is 44.3 Å². The number of aromatic nitrogens is 3. The van der Waals surface area contributed by atoms with E-state index in [1.54, 1.807) is 44.3 Å². The number of H-pyrrole nitrogens is 1. The van der Waals surface area contributed by atoms with E-state index < -0.39 is 5.76 Å². The lowest BCUT2D eigenvalue weighted by molar-refractivity contribution is 0.525. The summed E-state index contributed by atoms with van der Waals surface area (Å²) in [6.07, 6.45) is 0. The molecule has 0 fully saturated rings. The molecule has 0 spiro atoms. The molecule has 0 amide bonds. The molecule has 0 bridgehead atoms. The lowest BCUT2D eigenvalue weighted by atomic mass is 10.1. The molecule has 0 aliphatic rings. The third-order valence-electron chi connectivity index (χ3n) is 4.29. The molecule has 7 nitrogen and oxygen atoms in total. The maximum atomic E-state index is 12.3. The Morgan fingerprint density at radius 2 is 2.08 bits per heavy atom. The zero-order valence-electron chi connectivity index (χ0n) is 14.1. The van der Waals surface area contributed by atoms with E-state index in [0.717, 1.165) is 10.9 Å². The van der Waals surface area contributed by atoms with E-state index in [1.807, 2.05) is 0 Å². The van der Waals surface area contributed by atoms with Crippen molar-refractivity contribution < 1.29 is 4.42 Å². The molecule has 3 heterocycles. The first-order valence-electron chi connectivity index (χ1n) is 7.95. The summed E-state index contributed by atoms with van der Waals surface area (Å²) in [4.78, 5) is 31.2. The van der Waals surface area contributed by atoms with Crippen molar-refractivity contribution in [3.05, 3.63) is 67.5 Å². The molecule has 8 heteroatoms. The molecule has 0 atom stereocenters. The molecule has 0 saturated heterocycles. The predicted molar refractivity (Wildman–Crippen MR) is 101 cm³/mol. The lowest BCUT2D eigenvalue weighted by Gasteiger charge is -2.08. The molecule has 4 aromatic rings. The number of hydrogen-bond donors (Lipinski definition) is 2. The second kappa shape index (κ2) is 6.03. The lowest BCUT2D eigenvalue weighted by Crippen LogP contribution is -2.16. The number of oxazole rings is 1. The summed E-state index contributed by atoms with van der Waals surface area (Å²) in [7, 11) is 1.63. The first-order chi connectivity index (χ1) is 12.4. The standard InChI is InChI=1S/C18H15ClN4O3/c1-9-16-14(23(2)18(25)26-16)7-15(21-9)20-8-11-5-10-6-12(19)3-4-13(10)22-17(11)24/h3-7H,8H2,1-2H3,(H,20,21)(H,22,24). The Kier molecular flexibility index (Phi) is 3.81. The average molecular weight is 371 g/mol. The Morgan fingerprint density at radius 1 is 1.27 bits per heavy atom. The molecule has 132 valence electrons. The van der Waals surface area contributed by atoms with Crippen LogP contribution in [-0.2, 0) is 13.6 Å². The van der Waals surface area contributed by atoms with Crippen LogP contribution in [0.1, 0.15) is 11.3 Å². The fraction of sp³-hybridized carbons (Fsp3) is 0.167. The summed E-state index contributed by atoms with van der Waals surface area (Å²) >= 11 is 6.02. The second-order valence-electron chi connectivity index (χ2n) is 6.08. The minimum Gasteiger partial charge on any atom is -0.406 e. The highest BCUT2D eigenvalue weighted by Gasteiger charge is 2.12. The van der Waals surface area contributed by atoms with Crippen molar-refractivity contribution in [2.24, 2.45) is 7.05 Å². The smallest absolute Gasteiger partial charge is 0.406 e. The zero-order valence-corrected chi connectivity index (χ0v) is 14.8. The number of rotatable bonds is 3. The highest BCUT2D eigenvalue weighted by Crippen LogP contribution is 2.20. The summed E-state index contributed by atoms with van der Waals surface area (Å²) in [6, 6.07) is 8.82. The van der Waals surface area contributed by atoms with Gasteiger partial charge in [-0.3, -0.25) is 9.36 Å². The van der Waals surface area contributed by atoms with Gasteiger partial charge in [0.1, 0.15) is 5.82 Å². The van der Waals surface area contributed by atoms with Crippen LogP contribution >= 0.6 is 11.6 Å². The maximum Gasteiger partial charge on any atom is 0.419 e. The Bertz CT molecular complexity index is 1270. The van der Waals surface area contributed by atoms with Crippen LogP contribution in [0.5, 0.6) is 0 Å². The fourth-order valence-electron chi connectivity index (χ4n) is 2.90. The van der Waals surface area contributed by atoms with E-state index in [-0.39, 0.29) is 12.1 Å². The van der Waals surface area contributed by atoms with Gasteiger partial charge in [0, 0.05) is 41.1 Å². The maximum absolute atomic E-state index is 12.3. The van der Waals surface area contributed by atoms with Crippen molar-refractivity contribution in [3.63, 3.8) is 0 Å². The third kappa shape index (κ3) is 2.76. The van der Waals surface area contributed by atoms with Crippen molar-refractivity contribution in [2.45, 2.75) is 13.5 Å². The molecule has 0 saturated carbocycles. The van der Waals surface area contributed by atoms with Crippen molar-refractivity contribution >= 4 is 39.4 Å². The summed E-state index contributed by atoms with van der Waals surface area (Å²) in [5, 5.41) is 4.59. The molecule has 3 aromatic heterocycles. The average Bonchev–Trinajstić information content (AvgIpc) is 2.89. The minimum absolute atomic E-state index is 0.180. The van der Waals surface area contributed by atoms with Gasteiger partial charge in [0.05, 0.1) is 11.2 Å². The number of aromatic amines is 1. The Labute approximate surface area is 152 Å². The summed E-state index contributed by atoms with van der Waals surface area (Å²) < 4.78 is 6.59. The van der Waals surface area contributed by atoms with Crippen molar-refractivity contribution in [2.75, 3.05) is 5.32 Å². The largest absolute Gasteiger partial charge is 0.419 e. The number of benzene rings is 1. The van der Waals surface area contributed by atoms with Gasteiger partial charge in [-0.1, -0.05) is 11.6 Å². The van der Waals surface area contributed by atoms with E-state index in [0.29, 0.717) is 33.2 Å². The number of anilines is 1. The number of pyridine rings is 2. The molecule has 0 unspecified atom stereocenters. The highest BCUT2D eigenvalue weighted by molar-refractivity contribution is 6.31. The zero-order chi connectivity index (χ0) is 18.4. The molecular formula is C18H15ClN4O3. The van der Waals surface area contributed by atoms with Gasteiger partial charge in [0.15, 0.2) is 5.58 Å². The molecule has 26 heavy (non-hydrogen) atoms. The quantitative estimate of drug-likeness (QED) is 0.578. The van der Waals surface area contributed by atoms with Crippen molar-refractivity contribution in [3.8, 4) is 0 Å². The number of halogens is 1. The van der Waals surface area contributed by atoms with Gasteiger partial charge in [0.2, 0.25) is 0 Å². The second-order valence-corrected chi connectivity index (χ2v) is 6.51. The van der Waals surface area contributed by atoms with Crippen LogP contribution in [0.25, 0.3) is 22.0 Å². The molecular weight excluding hydrogens is 356 g/mol. The Hall–Kier alpha value is -3.06. The number of nitrogens with one attached hydrogen (secondary N) is 2. The highest BCUT2D eigenvalue weighted by atomic mass is 35.5. The van der Waals surface area contributed by atoms with E-state index in [1.165, 1.54) is 4.57 Å². The van der Waals surface area contributed by atoms with Crippen molar-refractivity contribution in [1.29, 1.82) is 0 Å². The Morgan fingerprint density at radius 3 is 2.88 bits per heavy atom. The van der Waals surface area contributed by atoms with Gasteiger partial charge in [-0.2, -0.15) is 0 Å². The van der Waals surface area contributed by atoms with Gasteiger partial charge < -0.3 is 14.7 Å². The topological polar surface area (TPSA) is 92.9 Å². The molecule has 1 aromatic carbocycles. The van der Waals surface area contributed by atoms with Crippen LogP contribution in [0, 0.1) is 6.92 Å². The Balaban J connectivity index is 1.69. The van der Waals surface area contributed by atoms with Gasteiger partial charge in [-0.25, -0.2) is 9.78 Å². The number of aryl methyl sites for hydroxylation is 2. The first kappa shape index (κ1) is 16.4. The third-order valence-corrected chi connectivity index (χ3v) is 4.53. The monoisotopic (exact) mass is 370 g/mol. The summed E-state index contributed by atoms with van der Waals surface area (Å²) in [5.41, 5.74) is 2.81. The van der Waals surface area contributed by atoms with Gasteiger partial charge >= 0.3 is 5.76 Å². The van der Waals surface area contributed by atoms with E-state index in [4.69, 9.17) is 16.0 Å². The normalized spacial score (nSPS) is 11.3. The van der Waals surface area contributed by atoms with E-state index in [2.05, 4.69) is 15.3 Å². The number of nitrogens with zero attached hydrogens (tertiary/aromatic N) is 2. The molecule has 2 N–H and O–H groups in total. The van der Waals surface area contributed by atoms with Crippen LogP contribution in [-0.4, -0.2) is 14.5 Å². The number of hydrogen-bond acceptors (Lipinski definition) is 5. The van der Waals surface area contributed by atoms with Crippen LogP contribution in [0.2, 0.25) is 5.02 Å². The SMILES string of the molecule is Cc1nc(NCc2cc3cc(Cl)ccc3[nH]c2=O)cc2c1oc(=O)n2C. The van der Waals surface area contributed by atoms with Crippen molar-refractivity contribution in [1.82, 2.24) is 14.5 Å². The van der Waals surface area contributed by atoms with Crippen LogP contribution < -0.4 is 16.6 Å². The van der Waals surface area contributed by atoms with E-state index >= 15 is 0 Å². The molecule has 0 radical (unpaired) electrons. The number of fused-ring (bicyclic) bond motifs is 2. The molecule has 0 aliphatic carbocycles. The molecule has 0 aliphatic heterocycles. The first-order valence-corrected chi connectivity index (χ1v) is 8.32. The minimum atomic E-state index is -0.440. The van der Waals surface area contributed by atoms with Gasteiger partial charge in [0.25, 0.3) is 5.56 Å². The fourth-order valence-corrected chi connectivity index (χ4v) is 3.08. The summed E-state index contributed by atoms with van der Waals surface area (Å²) in [6.45, 7) is 2.04. The van der Waals surface area contributed by atoms with Crippen LogP contribution in [0.4, 0.5) is 5.82 Å². The van der Waals surface area contributed by atoms with E-state index in [9.17, 15) is 9.59 Å². The van der Waals surface area contributed by atoms with Gasteiger partial charge in [-0.05, 0) is 31.2 Å². The predicted octanol–water partition coefficient (Wildman–Crippen LogP) is 2.94. The van der Waals surface area contributed by atoms with Crippen LogP contribution in [0.3, 0.4) is 0 Å². The summed E-state index contributed by atoms with van der Waals surface area (Å²) in [5.74, 6) is 0.113. The van der Waals surface area contributed by atoms with Gasteiger partial charge in [-0.15, -0.1) is 0 Å². The molecule has 4 rings (SSSR count).